The van der Waals surface area contributed by atoms with Crippen molar-refractivity contribution >= 4 is 23.6 Å². The number of nitrogens with zero attached hydrogens (tertiary/aromatic N) is 2. The largest absolute Gasteiger partial charge is 0.493 e. The van der Waals surface area contributed by atoms with Crippen molar-refractivity contribution < 1.29 is 43.2 Å². The van der Waals surface area contributed by atoms with Crippen molar-refractivity contribution in [3.8, 4) is 11.5 Å². The quantitative estimate of drug-likeness (QED) is 0.187. The third-order valence-electron chi connectivity index (χ3n) is 10.4. The maximum absolute atomic E-state index is 13.3. The predicted molar refractivity (Wildman–Crippen MR) is 199 cm³/mol. The maximum atomic E-state index is 13.3. The molecule has 2 saturated heterocycles. The average molecular weight is 736 g/mol. The molecule has 0 spiro atoms. The summed E-state index contributed by atoms with van der Waals surface area (Å²) in [6.45, 7) is 4.38. The lowest BCUT2D eigenvalue weighted by atomic mass is 9.89. The van der Waals surface area contributed by atoms with E-state index >= 15 is 0 Å². The Hall–Kier alpha value is -5.27. The van der Waals surface area contributed by atoms with Crippen LogP contribution in [-0.4, -0.2) is 67.4 Å². The first-order chi connectivity index (χ1) is 26.2. The predicted octanol–water partition coefficient (Wildman–Crippen LogP) is 5.60. The Labute approximate surface area is 314 Å². The summed E-state index contributed by atoms with van der Waals surface area (Å²) in [7, 11) is 3.29. The number of methoxy groups -OCH3 is 2. The van der Waals surface area contributed by atoms with E-state index in [0.717, 1.165) is 52.4 Å². The van der Waals surface area contributed by atoms with Gasteiger partial charge in [-0.05, 0) is 58.5 Å². The number of hydrogen-bond acceptors (Lipinski definition) is 10. The first kappa shape index (κ1) is 37.1. The third kappa shape index (κ3) is 7.97. The van der Waals surface area contributed by atoms with Crippen molar-refractivity contribution in [1.29, 1.82) is 0 Å². The Bertz CT molecular complexity index is 1950. The number of carbonyl (C=O) groups is 3. The SMILES string of the molecule is COc1cc2c(cc1OC)CN(CC1OC(c3ccc(N4C(=O)CC(NC(=O)OCc5ccccc5)C4=O)cc3)OC(c3ccc(CO)cc3)C1C)CC2. The van der Waals surface area contributed by atoms with Crippen LogP contribution in [0.4, 0.5) is 10.5 Å². The standard InChI is InChI=1S/C42H45N3O9/c1-26-37(23-44-18-17-31-19-35(50-2)36(51-3)20-32(31)22-44)53-41(54-39(26)29-11-9-27(24-46)10-12-29)30-13-15-33(16-14-30)45-38(47)21-34(40(45)48)43-42(49)52-25-28-7-5-4-6-8-28/h4-16,19-20,26,34,37,39,41,46H,17-18,21-25H2,1-3H3,(H,43,49). The fourth-order valence-electron chi connectivity index (χ4n) is 7.38. The van der Waals surface area contributed by atoms with Crippen molar-refractivity contribution in [3.63, 3.8) is 0 Å². The van der Waals surface area contributed by atoms with E-state index in [0.29, 0.717) is 18.0 Å². The second-order valence-corrected chi connectivity index (χ2v) is 13.9. The number of imide groups is 1. The van der Waals surface area contributed by atoms with E-state index in [1.165, 1.54) is 11.1 Å². The smallest absolute Gasteiger partial charge is 0.408 e. The van der Waals surface area contributed by atoms with Crippen LogP contribution in [0.25, 0.3) is 0 Å². The molecule has 54 heavy (non-hydrogen) atoms. The molecular weight excluding hydrogens is 690 g/mol. The summed E-state index contributed by atoms with van der Waals surface area (Å²) >= 11 is 0. The van der Waals surface area contributed by atoms with Crippen LogP contribution < -0.4 is 19.7 Å². The molecule has 12 nitrogen and oxygen atoms in total. The summed E-state index contributed by atoms with van der Waals surface area (Å²) in [5.41, 5.74) is 6.14. The summed E-state index contributed by atoms with van der Waals surface area (Å²) in [6, 6.07) is 27.0. The molecule has 282 valence electrons. The average Bonchev–Trinajstić information content (AvgIpc) is 3.48. The van der Waals surface area contributed by atoms with Crippen molar-refractivity contribution in [3.05, 3.63) is 124 Å². The van der Waals surface area contributed by atoms with Crippen LogP contribution in [0.3, 0.4) is 0 Å². The van der Waals surface area contributed by atoms with Gasteiger partial charge < -0.3 is 34.1 Å². The maximum Gasteiger partial charge on any atom is 0.408 e. The molecule has 0 aliphatic carbocycles. The molecule has 7 rings (SSSR count). The van der Waals surface area contributed by atoms with Crippen LogP contribution in [0.1, 0.15) is 59.1 Å². The molecule has 3 aliphatic rings. The second kappa shape index (κ2) is 16.4. The van der Waals surface area contributed by atoms with Gasteiger partial charge in [0, 0.05) is 31.1 Å². The number of aliphatic hydroxyl groups excluding tert-OH is 1. The van der Waals surface area contributed by atoms with E-state index in [-0.39, 0.29) is 37.8 Å². The summed E-state index contributed by atoms with van der Waals surface area (Å²) in [5.74, 6) is 0.453. The van der Waals surface area contributed by atoms with Crippen molar-refractivity contribution in [2.75, 3.05) is 32.2 Å². The number of carbonyl (C=O) groups excluding carboxylic acids is 3. The lowest BCUT2D eigenvalue weighted by molar-refractivity contribution is -0.276. The van der Waals surface area contributed by atoms with Crippen molar-refractivity contribution in [2.45, 2.75) is 64.1 Å². The molecule has 0 radical (unpaired) electrons. The second-order valence-electron chi connectivity index (χ2n) is 13.9. The Morgan fingerprint density at radius 3 is 2.24 bits per heavy atom. The van der Waals surface area contributed by atoms with E-state index in [1.807, 2.05) is 54.6 Å². The van der Waals surface area contributed by atoms with Crippen LogP contribution in [0.2, 0.25) is 0 Å². The number of nitrogens with one attached hydrogen (secondary N) is 1. The first-order valence-corrected chi connectivity index (χ1v) is 18.1. The van der Waals surface area contributed by atoms with E-state index in [1.54, 1.807) is 38.5 Å². The number of anilines is 1. The molecule has 2 fully saturated rings. The Balaban J connectivity index is 1.06. The zero-order valence-corrected chi connectivity index (χ0v) is 30.6. The molecule has 5 unspecified atom stereocenters. The van der Waals surface area contributed by atoms with Gasteiger partial charge in [-0.1, -0.05) is 73.7 Å². The van der Waals surface area contributed by atoms with E-state index in [4.69, 9.17) is 23.7 Å². The first-order valence-electron chi connectivity index (χ1n) is 18.1. The number of fused-ring (bicyclic) bond motifs is 1. The van der Waals surface area contributed by atoms with Gasteiger partial charge in [0.25, 0.3) is 5.91 Å². The van der Waals surface area contributed by atoms with E-state index in [9.17, 15) is 19.5 Å². The molecular formula is C42H45N3O9. The highest BCUT2D eigenvalue weighted by molar-refractivity contribution is 6.22. The molecule has 4 aromatic carbocycles. The summed E-state index contributed by atoms with van der Waals surface area (Å²) in [4.78, 5) is 42.3. The highest BCUT2D eigenvalue weighted by Gasteiger charge is 2.42. The molecule has 0 bridgehead atoms. The summed E-state index contributed by atoms with van der Waals surface area (Å²) < 4.78 is 29.8. The number of ether oxygens (including phenoxy) is 5. The highest BCUT2D eigenvalue weighted by Crippen LogP contribution is 2.43. The Kier molecular flexibility index (Phi) is 11.3. The van der Waals surface area contributed by atoms with Crippen molar-refractivity contribution in [2.24, 2.45) is 5.92 Å². The molecule has 12 heteroatoms. The highest BCUT2D eigenvalue weighted by atomic mass is 16.7. The summed E-state index contributed by atoms with van der Waals surface area (Å²) in [6.07, 6.45) is -1.33. The van der Waals surface area contributed by atoms with E-state index in [2.05, 4.69) is 29.3 Å². The van der Waals surface area contributed by atoms with Gasteiger partial charge in [-0.25, -0.2) is 9.69 Å². The molecule has 3 heterocycles. The molecule has 3 aliphatic heterocycles. The Morgan fingerprint density at radius 2 is 1.56 bits per heavy atom. The van der Waals surface area contributed by atoms with Gasteiger partial charge in [0.15, 0.2) is 17.8 Å². The molecule has 4 aromatic rings. The topological polar surface area (TPSA) is 136 Å². The van der Waals surface area contributed by atoms with Crippen molar-refractivity contribution in [1.82, 2.24) is 10.2 Å². The van der Waals surface area contributed by atoms with Gasteiger partial charge in [0.05, 0.1) is 45.1 Å². The number of alkyl carbamates (subject to hydrolysis) is 1. The molecule has 0 saturated carbocycles. The van der Waals surface area contributed by atoms with Gasteiger partial charge in [0.2, 0.25) is 5.91 Å². The molecule has 3 amide bonds. The molecule has 5 atom stereocenters. The minimum atomic E-state index is -1.03. The van der Waals surface area contributed by atoms with E-state index < -0.39 is 30.2 Å². The van der Waals surface area contributed by atoms with Gasteiger partial charge in [-0.3, -0.25) is 14.5 Å². The van der Waals surface area contributed by atoms with Gasteiger partial charge in [-0.2, -0.15) is 0 Å². The normalized spacial score (nSPS) is 22.8. The minimum absolute atomic E-state index is 0.0176. The Morgan fingerprint density at radius 1 is 0.870 bits per heavy atom. The van der Waals surface area contributed by atoms with Gasteiger partial charge in [-0.15, -0.1) is 0 Å². The zero-order valence-electron chi connectivity index (χ0n) is 30.6. The van der Waals surface area contributed by atoms with Gasteiger partial charge >= 0.3 is 6.09 Å². The van der Waals surface area contributed by atoms with Crippen LogP contribution in [-0.2, 0) is 50.0 Å². The zero-order chi connectivity index (χ0) is 37.8. The minimum Gasteiger partial charge on any atom is -0.493 e. The van der Waals surface area contributed by atoms with Gasteiger partial charge in [0.1, 0.15) is 12.6 Å². The fourth-order valence-corrected chi connectivity index (χ4v) is 7.38. The van der Waals surface area contributed by atoms with Crippen LogP contribution >= 0.6 is 0 Å². The fraction of sp³-hybridized carbons (Fsp3) is 0.357. The lowest BCUT2D eigenvalue weighted by Crippen LogP contribution is -2.45. The monoisotopic (exact) mass is 735 g/mol. The van der Waals surface area contributed by atoms with Crippen LogP contribution in [0, 0.1) is 5.92 Å². The van der Waals surface area contributed by atoms with Crippen LogP contribution in [0.5, 0.6) is 11.5 Å². The van der Waals surface area contributed by atoms with Crippen LogP contribution in [0.15, 0.2) is 91.0 Å². The molecule has 2 N–H and O–H groups in total. The third-order valence-corrected chi connectivity index (χ3v) is 10.4. The number of aliphatic hydroxyl groups is 1. The number of rotatable bonds is 11. The number of amides is 3. The number of benzene rings is 4. The lowest BCUT2D eigenvalue weighted by Gasteiger charge is -2.43. The molecule has 0 aromatic heterocycles. The summed E-state index contributed by atoms with van der Waals surface area (Å²) in [5, 5.41) is 12.2. The number of hydrogen-bond donors (Lipinski definition) is 2.